The summed E-state index contributed by atoms with van der Waals surface area (Å²) in [4.78, 5) is 1.23. The Bertz CT molecular complexity index is 572. The van der Waals surface area contributed by atoms with Crippen molar-refractivity contribution in [2.24, 2.45) is 5.73 Å². The third-order valence-corrected chi connectivity index (χ3v) is 5.00. The molecule has 2 nitrogen and oxygen atoms in total. The van der Waals surface area contributed by atoms with Gasteiger partial charge in [0.1, 0.15) is 11.9 Å². The van der Waals surface area contributed by atoms with Gasteiger partial charge in [0.15, 0.2) is 0 Å². The number of hydrogen-bond donors (Lipinski definition) is 1. The molecule has 1 aliphatic rings. The van der Waals surface area contributed by atoms with E-state index in [9.17, 15) is 0 Å². The van der Waals surface area contributed by atoms with Crippen molar-refractivity contribution in [1.29, 1.82) is 0 Å². The number of ether oxygens (including phenoxy) is 1. The van der Waals surface area contributed by atoms with Crippen LogP contribution in [0.3, 0.4) is 0 Å². The van der Waals surface area contributed by atoms with Gasteiger partial charge in [0, 0.05) is 16.7 Å². The van der Waals surface area contributed by atoms with E-state index in [1.54, 1.807) is 0 Å². The normalized spacial score (nSPS) is 18.6. The van der Waals surface area contributed by atoms with E-state index in [0.29, 0.717) is 0 Å². The molecule has 0 aromatic heterocycles. The van der Waals surface area contributed by atoms with E-state index in [2.05, 4.69) is 42.5 Å². The molecule has 2 N–H and O–H groups in total. The first kappa shape index (κ1) is 14.5. The number of thioether (sulfide) groups is 1. The van der Waals surface area contributed by atoms with Crippen molar-refractivity contribution in [3.05, 3.63) is 60.2 Å². The first-order valence-electron chi connectivity index (χ1n) is 7.51. The van der Waals surface area contributed by atoms with Crippen LogP contribution >= 0.6 is 11.8 Å². The van der Waals surface area contributed by atoms with Crippen LogP contribution in [-0.2, 0) is 6.42 Å². The molecule has 3 heteroatoms. The molecule has 21 heavy (non-hydrogen) atoms. The van der Waals surface area contributed by atoms with Gasteiger partial charge in [0.25, 0.3) is 0 Å². The Morgan fingerprint density at radius 1 is 1.10 bits per heavy atom. The molecular formula is C18H21NOS. The highest BCUT2D eigenvalue weighted by molar-refractivity contribution is 7.99. The molecular weight excluding hydrogens is 278 g/mol. The summed E-state index contributed by atoms with van der Waals surface area (Å²) in [5.41, 5.74) is 7.71. The second-order valence-corrected chi connectivity index (χ2v) is 6.52. The Kier molecular flexibility index (Phi) is 4.84. The summed E-state index contributed by atoms with van der Waals surface area (Å²) in [5, 5.41) is 0. The molecule has 0 bridgehead atoms. The van der Waals surface area contributed by atoms with Crippen molar-refractivity contribution in [2.45, 2.75) is 36.3 Å². The Morgan fingerprint density at radius 2 is 1.86 bits per heavy atom. The molecule has 0 fully saturated rings. The first-order chi connectivity index (χ1) is 10.3. The minimum absolute atomic E-state index is 0.106. The van der Waals surface area contributed by atoms with Crippen LogP contribution in [0.2, 0.25) is 0 Å². The molecule has 0 amide bonds. The number of rotatable bonds is 5. The maximum Gasteiger partial charge on any atom is 0.133 e. The van der Waals surface area contributed by atoms with Gasteiger partial charge >= 0.3 is 0 Å². The van der Waals surface area contributed by atoms with Crippen LogP contribution < -0.4 is 10.5 Å². The van der Waals surface area contributed by atoms with Gasteiger partial charge in [0.2, 0.25) is 0 Å². The van der Waals surface area contributed by atoms with E-state index < -0.39 is 0 Å². The fraction of sp³-hybridized carbons (Fsp3) is 0.333. The molecule has 1 heterocycles. The second kappa shape index (κ2) is 7.01. The predicted octanol–water partition coefficient (Wildman–Crippen LogP) is 3.89. The molecule has 2 aromatic carbocycles. The zero-order chi connectivity index (χ0) is 14.5. The Labute approximate surface area is 130 Å². The van der Waals surface area contributed by atoms with Gasteiger partial charge in [-0.1, -0.05) is 42.5 Å². The number of hydrogen-bond acceptors (Lipinski definition) is 3. The molecule has 0 aliphatic carbocycles. The van der Waals surface area contributed by atoms with Crippen molar-refractivity contribution in [1.82, 2.24) is 0 Å². The average Bonchev–Trinajstić information content (AvgIpc) is 2.55. The molecule has 0 radical (unpaired) electrons. The van der Waals surface area contributed by atoms with E-state index in [4.69, 9.17) is 10.5 Å². The molecule has 3 rings (SSSR count). The molecule has 2 unspecified atom stereocenters. The van der Waals surface area contributed by atoms with Crippen molar-refractivity contribution in [3.63, 3.8) is 0 Å². The van der Waals surface area contributed by atoms with E-state index >= 15 is 0 Å². The van der Waals surface area contributed by atoms with Crippen molar-refractivity contribution in [2.75, 3.05) is 5.75 Å². The fourth-order valence-corrected chi connectivity index (χ4v) is 3.71. The number of aryl methyl sites for hydroxylation is 1. The highest BCUT2D eigenvalue weighted by Crippen LogP contribution is 2.35. The molecule has 0 spiro atoms. The van der Waals surface area contributed by atoms with Crippen LogP contribution in [0.1, 0.15) is 18.4 Å². The summed E-state index contributed by atoms with van der Waals surface area (Å²) < 4.78 is 6.05. The smallest absolute Gasteiger partial charge is 0.133 e. The second-order valence-electron chi connectivity index (χ2n) is 5.46. The summed E-state index contributed by atoms with van der Waals surface area (Å²) >= 11 is 1.85. The third kappa shape index (κ3) is 3.80. The zero-order valence-corrected chi connectivity index (χ0v) is 12.9. The summed E-state index contributed by atoms with van der Waals surface area (Å²) in [5.74, 6) is 1.93. The lowest BCUT2D eigenvalue weighted by Gasteiger charge is -2.29. The standard InChI is InChI=1S/C18H21NOS/c19-15(10-6-9-14-7-2-1-3-8-14)17-13-21-18-12-5-4-11-16(18)20-17/h1-5,7-8,11-12,15,17H,6,9-10,13,19H2. The summed E-state index contributed by atoms with van der Waals surface area (Å²) in [6, 6.07) is 18.9. The average molecular weight is 299 g/mol. The van der Waals surface area contributed by atoms with Crippen LogP contribution in [0.5, 0.6) is 5.75 Å². The molecule has 0 saturated carbocycles. The van der Waals surface area contributed by atoms with Crippen molar-refractivity contribution < 1.29 is 4.74 Å². The van der Waals surface area contributed by atoms with Crippen LogP contribution in [0.25, 0.3) is 0 Å². The fourth-order valence-electron chi connectivity index (χ4n) is 2.62. The Morgan fingerprint density at radius 3 is 2.71 bits per heavy atom. The first-order valence-corrected chi connectivity index (χ1v) is 8.49. The lowest BCUT2D eigenvalue weighted by Crippen LogP contribution is -2.42. The molecule has 0 saturated heterocycles. The maximum atomic E-state index is 6.33. The molecule has 110 valence electrons. The zero-order valence-electron chi connectivity index (χ0n) is 12.1. The number of para-hydroxylation sites is 1. The largest absolute Gasteiger partial charge is 0.487 e. The van der Waals surface area contributed by atoms with Crippen molar-refractivity contribution in [3.8, 4) is 5.75 Å². The Balaban J connectivity index is 1.49. The molecule has 2 aromatic rings. The number of benzene rings is 2. The maximum absolute atomic E-state index is 6.33. The van der Waals surface area contributed by atoms with Gasteiger partial charge in [-0.05, 0) is 37.0 Å². The van der Waals surface area contributed by atoms with Crippen LogP contribution in [-0.4, -0.2) is 17.9 Å². The Hall–Kier alpha value is -1.45. The van der Waals surface area contributed by atoms with Gasteiger partial charge in [-0.2, -0.15) is 0 Å². The van der Waals surface area contributed by atoms with E-state index in [1.165, 1.54) is 10.5 Å². The lowest BCUT2D eigenvalue weighted by atomic mass is 10.0. The number of nitrogens with two attached hydrogens (primary N) is 1. The van der Waals surface area contributed by atoms with E-state index in [-0.39, 0.29) is 12.1 Å². The lowest BCUT2D eigenvalue weighted by molar-refractivity contribution is 0.179. The number of fused-ring (bicyclic) bond motifs is 1. The van der Waals surface area contributed by atoms with Gasteiger partial charge in [-0.15, -0.1) is 11.8 Å². The third-order valence-electron chi connectivity index (χ3n) is 3.85. The SMILES string of the molecule is NC(CCCc1ccccc1)C1CSc2ccccc2O1. The van der Waals surface area contributed by atoms with Crippen molar-refractivity contribution >= 4 is 11.8 Å². The van der Waals surface area contributed by atoms with Gasteiger partial charge in [-0.3, -0.25) is 0 Å². The monoisotopic (exact) mass is 299 g/mol. The van der Waals surface area contributed by atoms with Crippen LogP contribution in [0, 0.1) is 0 Å². The van der Waals surface area contributed by atoms with E-state index in [0.717, 1.165) is 30.8 Å². The van der Waals surface area contributed by atoms with Gasteiger partial charge in [0.05, 0.1) is 0 Å². The van der Waals surface area contributed by atoms with Gasteiger partial charge in [-0.25, -0.2) is 0 Å². The van der Waals surface area contributed by atoms with Gasteiger partial charge < -0.3 is 10.5 Å². The molecule has 2 atom stereocenters. The quantitative estimate of drug-likeness (QED) is 0.909. The summed E-state index contributed by atoms with van der Waals surface area (Å²) in [6.07, 6.45) is 3.32. The van der Waals surface area contributed by atoms with Crippen LogP contribution in [0.15, 0.2) is 59.5 Å². The predicted molar refractivity (Wildman–Crippen MR) is 88.9 cm³/mol. The van der Waals surface area contributed by atoms with E-state index in [1.807, 2.05) is 23.9 Å². The minimum atomic E-state index is 0.106. The minimum Gasteiger partial charge on any atom is -0.487 e. The summed E-state index contributed by atoms with van der Waals surface area (Å²) in [6.45, 7) is 0. The summed E-state index contributed by atoms with van der Waals surface area (Å²) in [7, 11) is 0. The highest BCUT2D eigenvalue weighted by Gasteiger charge is 2.25. The topological polar surface area (TPSA) is 35.2 Å². The van der Waals surface area contributed by atoms with Crippen LogP contribution in [0.4, 0.5) is 0 Å². The molecule has 1 aliphatic heterocycles. The highest BCUT2D eigenvalue weighted by atomic mass is 32.2.